The zero-order valence-electron chi connectivity index (χ0n) is 11.7. The van der Waals surface area contributed by atoms with Gasteiger partial charge in [-0.25, -0.2) is 4.79 Å². The first kappa shape index (κ1) is 14.7. The van der Waals surface area contributed by atoms with Gasteiger partial charge in [-0.15, -0.1) is 11.8 Å². The smallest absolute Gasteiger partial charge is 0.327 e. The minimum Gasteiger partial charge on any atom is -0.480 e. The average Bonchev–Trinajstić information content (AvgIpc) is 2.58. The molecule has 0 spiro atoms. The molecule has 2 saturated heterocycles. The van der Waals surface area contributed by atoms with Crippen molar-refractivity contribution in [1.82, 2.24) is 10.2 Å². The number of fused-ring (bicyclic) bond motifs is 1. The van der Waals surface area contributed by atoms with Gasteiger partial charge in [-0.2, -0.15) is 0 Å². The van der Waals surface area contributed by atoms with Crippen LogP contribution >= 0.6 is 11.8 Å². The van der Waals surface area contributed by atoms with Crippen LogP contribution in [0.5, 0.6) is 0 Å². The maximum Gasteiger partial charge on any atom is 0.327 e. The number of nitrogens with zero attached hydrogens (tertiary/aromatic N) is 1. The predicted molar refractivity (Wildman–Crippen MR) is 75.0 cm³/mol. The second kappa shape index (κ2) is 5.32. The minimum atomic E-state index is -0.905. The SMILES string of the molecule is CCCCCNC1C(=O)N2C(C(=O)O)C(C)(C)S[C@H]12. The van der Waals surface area contributed by atoms with E-state index in [0.717, 1.165) is 25.8 Å². The van der Waals surface area contributed by atoms with Crippen molar-refractivity contribution in [3.8, 4) is 0 Å². The summed E-state index contributed by atoms with van der Waals surface area (Å²) in [6.45, 7) is 6.77. The summed E-state index contributed by atoms with van der Waals surface area (Å²) in [6.07, 6.45) is 3.36. The highest BCUT2D eigenvalue weighted by Crippen LogP contribution is 2.50. The summed E-state index contributed by atoms with van der Waals surface area (Å²) in [6, 6.07) is -0.908. The summed E-state index contributed by atoms with van der Waals surface area (Å²) < 4.78 is -0.425. The molecule has 0 aliphatic carbocycles. The summed E-state index contributed by atoms with van der Waals surface area (Å²) >= 11 is 1.59. The van der Waals surface area contributed by atoms with E-state index in [-0.39, 0.29) is 17.3 Å². The number of carbonyl (C=O) groups is 2. The van der Waals surface area contributed by atoms with Crippen molar-refractivity contribution >= 4 is 23.6 Å². The summed E-state index contributed by atoms with van der Waals surface area (Å²) in [4.78, 5) is 25.0. The number of rotatable bonds is 6. The quantitative estimate of drug-likeness (QED) is 0.568. The molecule has 1 amide bonds. The van der Waals surface area contributed by atoms with Gasteiger partial charge in [0.05, 0.1) is 0 Å². The highest BCUT2D eigenvalue weighted by molar-refractivity contribution is 8.01. The van der Waals surface area contributed by atoms with Gasteiger partial charge in [0.25, 0.3) is 0 Å². The lowest BCUT2D eigenvalue weighted by Gasteiger charge is -2.43. The second-order valence-electron chi connectivity index (χ2n) is 5.74. The molecular formula is C13H22N2O3S. The number of thioether (sulfide) groups is 1. The summed E-state index contributed by atoms with van der Waals surface area (Å²) in [5.74, 6) is -0.968. The van der Waals surface area contributed by atoms with Gasteiger partial charge < -0.3 is 15.3 Å². The molecule has 2 N–H and O–H groups in total. The first-order chi connectivity index (χ1) is 8.90. The Bertz CT molecular complexity index is 386. The Morgan fingerprint density at radius 1 is 1.47 bits per heavy atom. The van der Waals surface area contributed by atoms with E-state index in [4.69, 9.17) is 0 Å². The van der Waals surface area contributed by atoms with Crippen molar-refractivity contribution in [1.29, 1.82) is 0 Å². The number of aliphatic carboxylic acids is 1. The topological polar surface area (TPSA) is 69.6 Å². The monoisotopic (exact) mass is 286 g/mol. The first-order valence-corrected chi connectivity index (χ1v) is 7.74. The number of unbranched alkanes of at least 4 members (excludes halogenated alkanes) is 2. The molecule has 0 bridgehead atoms. The van der Waals surface area contributed by atoms with Crippen LogP contribution < -0.4 is 5.32 Å². The Hall–Kier alpha value is -0.750. The lowest BCUT2D eigenvalue weighted by molar-refractivity contribution is -0.160. The van der Waals surface area contributed by atoms with Crippen LogP contribution in [0.15, 0.2) is 0 Å². The van der Waals surface area contributed by atoms with E-state index in [1.54, 1.807) is 11.8 Å². The fourth-order valence-electron chi connectivity index (χ4n) is 2.83. The molecule has 0 aromatic heterocycles. The third-order valence-electron chi connectivity index (χ3n) is 3.82. The van der Waals surface area contributed by atoms with Crippen LogP contribution in [0.1, 0.15) is 40.0 Å². The van der Waals surface area contributed by atoms with Gasteiger partial charge in [-0.05, 0) is 26.8 Å². The number of hydrogen-bond donors (Lipinski definition) is 2. The molecule has 0 radical (unpaired) electrons. The van der Waals surface area contributed by atoms with Crippen molar-refractivity contribution < 1.29 is 14.7 Å². The Morgan fingerprint density at radius 2 is 2.16 bits per heavy atom. The first-order valence-electron chi connectivity index (χ1n) is 6.86. The van der Waals surface area contributed by atoms with Crippen molar-refractivity contribution in [2.45, 2.75) is 62.2 Å². The Morgan fingerprint density at radius 3 is 2.74 bits per heavy atom. The van der Waals surface area contributed by atoms with Crippen molar-refractivity contribution in [2.24, 2.45) is 0 Å². The van der Waals surface area contributed by atoms with Crippen molar-refractivity contribution in [3.63, 3.8) is 0 Å². The van der Waals surface area contributed by atoms with Crippen LogP contribution in [0.4, 0.5) is 0 Å². The van der Waals surface area contributed by atoms with Crippen LogP contribution in [0, 0.1) is 0 Å². The van der Waals surface area contributed by atoms with Gasteiger partial charge in [0.2, 0.25) is 5.91 Å². The maximum atomic E-state index is 12.1. The number of amides is 1. The molecule has 2 aliphatic rings. The lowest BCUT2D eigenvalue weighted by atomic mass is 9.96. The Labute approximate surface area is 118 Å². The third kappa shape index (κ3) is 2.48. The number of carboxylic acids is 1. The third-order valence-corrected chi connectivity index (χ3v) is 5.39. The normalized spacial score (nSPS) is 32.1. The van der Waals surface area contributed by atoms with Crippen molar-refractivity contribution in [3.05, 3.63) is 0 Å². The van der Waals surface area contributed by atoms with E-state index in [0.29, 0.717) is 0 Å². The Balaban J connectivity index is 1.96. The number of carbonyl (C=O) groups excluding carboxylic acids is 1. The van der Waals surface area contributed by atoms with Gasteiger partial charge in [-0.3, -0.25) is 4.79 Å². The molecule has 2 rings (SSSR count). The predicted octanol–water partition coefficient (Wildman–Crippen LogP) is 1.28. The van der Waals surface area contributed by atoms with Crippen LogP contribution in [-0.4, -0.2) is 50.6 Å². The molecule has 0 saturated carbocycles. The molecule has 0 aromatic carbocycles. The molecule has 2 unspecified atom stereocenters. The summed E-state index contributed by atoms with van der Waals surface area (Å²) in [5, 5.41) is 12.5. The molecule has 108 valence electrons. The zero-order chi connectivity index (χ0) is 14.2. The van der Waals surface area contributed by atoms with Crippen LogP contribution in [0.25, 0.3) is 0 Å². The molecule has 0 aromatic rings. The molecule has 19 heavy (non-hydrogen) atoms. The zero-order valence-corrected chi connectivity index (χ0v) is 12.5. The van der Waals surface area contributed by atoms with E-state index in [1.807, 2.05) is 13.8 Å². The molecule has 2 aliphatic heterocycles. The molecule has 5 nitrogen and oxygen atoms in total. The highest BCUT2D eigenvalue weighted by atomic mass is 32.2. The fourth-order valence-corrected chi connectivity index (χ4v) is 4.49. The maximum absolute atomic E-state index is 12.1. The minimum absolute atomic E-state index is 0.0229. The van der Waals surface area contributed by atoms with E-state index >= 15 is 0 Å². The van der Waals surface area contributed by atoms with E-state index in [1.165, 1.54) is 4.90 Å². The van der Waals surface area contributed by atoms with E-state index in [9.17, 15) is 14.7 Å². The summed E-state index contributed by atoms with van der Waals surface area (Å²) in [7, 11) is 0. The molecular weight excluding hydrogens is 264 g/mol. The molecule has 2 heterocycles. The van der Waals surface area contributed by atoms with Gasteiger partial charge in [0.15, 0.2) is 0 Å². The van der Waals surface area contributed by atoms with Crippen LogP contribution in [-0.2, 0) is 9.59 Å². The fraction of sp³-hybridized carbons (Fsp3) is 0.846. The average molecular weight is 286 g/mol. The molecule has 3 atom stereocenters. The van der Waals surface area contributed by atoms with Gasteiger partial charge >= 0.3 is 5.97 Å². The summed E-state index contributed by atoms with van der Waals surface area (Å²) in [5.41, 5.74) is 0. The van der Waals surface area contributed by atoms with Crippen molar-refractivity contribution in [2.75, 3.05) is 6.54 Å². The number of β-lactam (4-membered cyclic amide) rings is 1. The lowest BCUT2D eigenvalue weighted by Crippen LogP contribution is -2.70. The standard InChI is InChI=1S/C13H22N2O3S/c1-4-5-6-7-14-8-10(16)15-9(12(17)18)13(2,3)19-11(8)15/h8-9,11,14H,4-7H2,1-3H3,(H,17,18)/t8?,9?,11-/m1/s1. The highest BCUT2D eigenvalue weighted by Gasteiger charge is 2.63. The van der Waals surface area contributed by atoms with E-state index in [2.05, 4.69) is 12.2 Å². The largest absolute Gasteiger partial charge is 0.480 e. The number of carboxylic acid groups (broad SMARTS) is 1. The van der Waals surface area contributed by atoms with Gasteiger partial charge in [-0.1, -0.05) is 19.8 Å². The second-order valence-corrected chi connectivity index (χ2v) is 7.51. The van der Waals surface area contributed by atoms with Crippen LogP contribution in [0.3, 0.4) is 0 Å². The number of hydrogen-bond acceptors (Lipinski definition) is 4. The van der Waals surface area contributed by atoms with Crippen LogP contribution in [0.2, 0.25) is 0 Å². The van der Waals surface area contributed by atoms with E-state index < -0.39 is 16.8 Å². The van der Waals surface area contributed by atoms with Gasteiger partial charge in [0, 0.05) is 4.75 Å². The molecule has 6 heteroatoms. The Kier molecular flexibility index (Phi) is 4.11. The van der Waals surface area contributed by atoms with Gasteiger partial charge in [0.1, 0.15) is 17.5 Å². The number of nitrogens with one attached hydrogen (secondary N) is 1. The molecule has 2 fully saturated rings.